The molecule has 0 heterocycles. The van der Waals surface area contributed by atoms with Gasteiger partial charge in [0, 0.05) is 11.6 Å². The summed E-state index contributed by atoms with van der Waals surface area (Å²) in [7, 11) is 0. The third-order valence-corrected chi connectivity index (χ3v) is 2.97. The van der Waals surface area contributed by atoms with Gasteiger partial charge < -0.3 is 5.32 Å². The molecule has 0 bridgehead atoms. The molecule has 0 aliphatic rings. The van der Waals surface area contributed by atoms with Crippen LogP contribution in [0.3, 0.4) is 0 Å². The monoisotopic (exact) mass is 199 g/mol. The number of hydrogen-bond donors (Lipinski definition) is 1. The molecule has 0 spiro atoms. The van der Waals surface area contributed by atoms with Crippen molar-refractivity contribution in [1.29, 1.82) is 0 Å². The SMILES string of the molecule is CC(C)CCC(C)(C)N[C@@H](C)C(C)C. The van der Waals surface area contributed by atoms with Crippen LogP contribution in [-0.4, -0.2) is 11.6 Å². The Morgan fingerprint density at radius 3 is 1.86 bits per heavy atom. The molecule has 0 fully saturated rings. The van der Waals surface area contributed by atoms with Crippen molar-refractivity contribution in [2.45, 2.75) is 72.9 Å². The van der Waals surface area contributed by atoms with E-state index in [1.807, 2.05) is 0 Å². The molecule has 1 atom stereocenters. The van der Waals surface area contributed by atoms with E-state index in [1.54, 1.807) is 0 Å². The van der Waals surface area contributed by atoms with Crippen LogP contribution in [0.4, 0.5) is 0 Å². The quantitative estimate of drug-likeness (QED) is 0.685. The van der Waals surface area contributed by atoms with Crippen molar-refractivity contribution in [3.05, 3.63) is 0 Å². The Morgan fingerprint density at radius 1 is 1.00 bits per heavy atom. The van der Waals surface area contributed by atoms with Gasteiger partial charge in [0.1, 0.15) is 0 Å². The van der Waals surface area contributed by atoms with Crippen molar-refractivity contribution in [3.63, 3.8) is 0 Å². The van der Waals surface area contributed by atoms with Crippen molar-refractivity contribution in [1.82, 2.24) is 5.32 Å². The van der Waals surface area contributed by atoms with Crippen LogP contribution >= 0.6 is 0 Å². The standard InChI is InChI=1S/C13H29N/c1-10(2)8-9-13(6,7)14-12(5)11(3)4/h10-12,14H,8-9H2,1-7H3/t12-/m0/s1. The molecule has 0 radical (unpaired) electrons. The fraction of sp³-hybridized carbons (Fsp3) is 1.00. The lowest BCUT2D eigenvalue weighted by atomic mass is 9.91. The van der Waals surface area contributed by atoms with Crippen LogP contribution < -0.4 is 5.32 Å². The van der Waals surface area contributed by atoms with Crippen LogP contribution in [0.2, 0.25) is 0 Å². The summed E-state index contributed by atoms with van der Waals surface area (Å²) < 4.78 is 0. The Balaban J connectivity index is 3.93. The smallest absolute Gasteiger partial charge is 0.0127 e. The minimum Gasteiger partial charge on any atom is -0.309 e. The van der Waals surface area contributed by atoms with E-state index < -0.39 is 0 Å². The predicted octanol–water partition coefficient (Wildman–Crippen LogP) is 3.84. The van der Waals surface area contributed by atoms with E-state index in [9.17, 15) is 0 Å². The first-order valence-electron chi connectivity index (χ1n) is 6.02. The van der Waals surface area contributed by atoms with E-state index >= 15 is 0 Å². The van der Waals surface area contributed by atoms with Gasteiger partial charge >= 0.3 is 0 Å². The minimum atomic E-state index is 0.286. The first-order valence-corrected chi connectivity index (χ1v) is 6.02. The first kappa shape index (κ1) is 14.0. The second-order valence-electron chi connectivity index (χ2n) is 5.99. The molecule has 0 aliphatic heterocycles. The fourth-order valence-corrected chi connectivity index (χ4v) is 1.50. The maximum absolute atomic E-state index is 3.71. The Bertz CT molecular complexity index is 147. The molecule has 1 N–H and O–H groups in total. The highest BCUT2D eigenvalue weighted by molar-refractivity contribution is 4.81. The van der Waals surface area contributed by atoms with Crippen molar-refractivity contribution in [2.75, 3.05) is 0 Å². The van der Waals surface area contributed by atoms with E-state index in [1.165, 1.54) is 12.8 Å². The Kier molecular flexibility index (Phi) is 5.73. The summed E-state index contributed by atoms with van der Waals surface area (Å²) in [4.78, 5) is 0. The molecule has 0 unspecified atom stereocenters. The fourth-order valence-electron chi connectivity index (χ4n) is 1.50. The van der Waals surface area contributed by atoms with Gasteiger partial charge in [0.2, 0.25) is 0 Å². The molecule has 1 heteroatoms. The lowest BCUT2D eigenvalue weighted by molar-refractivity contribution is 0.270. The Morgan fingerprint density at radius 2 is 1.50 bits per heavy atom. The van der Waals surface area contributed by atoms with Crippen LogP contribution in [-0.2, 0) is 0 Å². The van der Waals surface area contributed by atoms with Crippen LogP contribution in [0.25, 0.3) is 0 Å². The number of nitrogens with one attached hydrogen (secondary N) is 1. The number of rotatable bonds is 6. The third kappa shape index (κ3) is 6.42. The summed E-state index contributed by atoms with van der Waals surface area (Å²) >= 11 is 0. The van der Waals surface area contributed by atoms with Gasteiger partial charge in [-0.3, -0.25) is 0 Å². The van der Waals surface area contributed by atoms with Gasteiger partial charge in [0.15, 0.2) is 0 Å². The van der Waals surface area contributed by atoms with Crippen molar-refractivity contribution in [2.24, 2.45) is 11.8 Å². The van der Waals surface area contributed by atoms with Crippen molar-refractivity contribution >= 4 is 0 Å². The van der Waals surface area contributed by atoms with E-state index in [4.69, 9.17) is 0 Å². The van der Waals surface area contributed by atoms with Gasteiger partial charge in [-0.1, -0.05) is 27.7 Å². The molecule has 0 aromatic rings. The molecular weight excluding hydrogens is 170 g/mol. The van der Waals surface area contributed by atoms with Crippen LogP contribution in [0, 0.1) is 11.8 Å². The maximum Gasteiger partial charge on any atom is 0.0127 e. The van der Waals surface area contributed by atoms with E-state index in [0.29, 0.717) is 12.0 Å². The van der Waals surface area contributed by atoms with Gasteiger partial charge in [-0.05, 0) is 45.4 Å². The van der Waals surface area contributed by atoms with Gasteiger partial charge in [-0.15, -0.1) is 0 Å². The second kappa shape index (κ2) is 5.75. The van der Waals surface area contributed by atoms with Crippen LogP contribution in [0.15, 0.2) is 0 Å². The lowest BCUT2D eigenvalue weighted by Gasteiger charge is -2.32. The summed E-state index contributed by atoms with van der Waals surface area (Å²) in [6, 6.07) is 0.608. The molecule has 86 valence electrons. The van der Waals surface area contributed by atoms with Gasteiger partial charge in [-0.25, -0.2) is 0 Å². The largest absolute Gasteiger partial charge is 0.309 e. The second-order valence-corrected chi connectivity index (χ2v) is 5.99. The molecule has 0 aromatic carbocycles. The molecule has 0 amide bonds. The van der Waals surface area contributed by atoms with E-state index in [2.05, 4.69) is 53.8 Å². The summed E-state index contributed by atoms with van der Waals surface area (Å²) in [5, 5.41) is 3.71. The Labute approximate surface area is 90.7 Å². The predicted molar refractivity (Wildman–Crippen MR) is 65.6 cm³/mol. The van der Waals surface area contributed by atoms with Crippen LogP contribution in [0.5, 0.6) is 0 Å². The van der Waals surface area contributed by atoms with Crippen molar-refractivity contribution in [3.8, 4) is 0 Å². The molecule has 0 aromatic heterocycles. The molecular formula is C13H29N. The van der Waals surface area contributed by atoms with Gasteiger partial charge in [0.25, 0.3) is 0 Å². The molecule has 0 aliphatic carbocycles. The average molecular weight is 199 g/mol. The minimum absolute atomic E-state index is 0.286. The maximum atomic E-state index is 3.71. The normalized spacial score (nSPS) is 15.2. The Hall–Kier alpha value is -0.0400. The topological polar surface area (TPSA) is 12.0 Å². The third-order valence-electron chi connectivity index (χ3n) is 2.97. The van der Waals surface area contributed by atoms with Crippen molar-refractivity contribution < 1.29 is 0 Å². The highest BCUT2D eigenvalue weighted by atomic mass is 15.0. The molecule has 0 saturated carbocycles. The zero-order valence-electron chi connectivity index (χ0n) is 11.1. The molecule has 14 heavy (non-hydrogen) atoms. The summed E-state index contributed by atoms with van der Waals surface area (Å²) in [5.41, 5.74) is 0.286. The molecule has 0 rings (SSSR count). The van der Waals surface area contributed by atoms with Gasteiger partial charge in [0.05, 0.1) is 0 Å². The van der Waals surface area contributed by atoms with E-state index in [-0.39, 0.29) is 5.54 Å². The first-order chi connectivity index (χ1) is 6.24. The number of hydrogen-bond acceptors (Lipinski definition) is 1. The molecule has 1 nitrogen and oxygen atoms in total. The lowest BCUT2D eigenvalue weighted by Crippen LogP contribution is -2.46. The highest BCUT2D eigenvalue weighted by Gasteiger charge is 2.21. The summed E-state index contributed by atoms with van der Waals surface area (Å²) in [6.07, 6.45) is 2.58. The van der Waals surface area contributed by atoms with Gasteiger partial charge in [-0.2, -0.15) is 0 Å². The zero-order chi connectivity index (χ0) is 11.4. The summed E-state index contributed by atoms with van der Waals surface area (Å²) in [5.74, 6) is 1.53. The molecule has 0 saturated heterocycles. The van der Waals surface area contributed by atoms with Crippen LogP contribution in [0.1, 0.15) is 61.3 Å². The average Bonchev–Trinajstić information content (AvgIpc) is 2.00. The summed E-state index contributed by atoms with van der Waals surface area (Å²) in [6.45, 7) is 16.0. The highest BCUT2D eigenvalue weighted by Crippen LogP contribution is 2.17. The van der Waals surface area contributed by atoms with E-state index in [0.717, 1.165) is 5.92 Å². The zero-order valence-corrected chi connectivity index (χ0v) is 11.1.